The number of nitrogens with zero attached hydrogens (tertiary/aromatic N) is 1. The quantitative estimate of drug-likeness (QED) is 0.445. The molecule has 0 radical (unpaired) electrons. The number of esters is 2. The zero-order valence-electron chi connectivity index (χ0n) is 13.1. The van der Waals surface area contributed by atoms with Crippen LogP contribution in [0.2, 0.25) is 0 Å². The van der Waals surface area contributed by atoms with Crippen LogP contribution in [0.3, 0.4) is 0 Å². The number of thiol groups is 2. The van der Waals surface area contributed by atoms with Gasteiger partial charge in [-0.3, -0.25) is 14.5 Å². The fourth-order valence-electron chi connectivity index (χ4n) is 1.61. The van der Waals surface area contributed by atoms with E-state index in [4.69, 9.17) is 9.47 Å². The fraction of sp³-hybridized carbons (Fsp3) is 0.857. The van der Waals surface area contributed by atoms with Gasteiger partial charge < -0.3 is 9.47 Å². The molecule has 2 unspecified atom stereocenters. The third kappa shape index (κ3) is 13.0. The molecule has 0 amide bonds. The molecule has 0 aromatic carbocycles. The van der Waals surface area contributed by atoms with Gasteiger partial charge in [0, 0.05) is 23.6 Å². The summed E-state index contributed by atoms with van der Waals surface area (Å²) in [5.74, 6) is -0.467. The van der Waals surface area contributed by atoms with Crippen LogP contribution >= 0.6 is 25.3 Å². The van der Waals surface area contributed by atoms with E-state index in [-0.39, 0.29) is 22.4 Å². The monoisotopic (exact) mass is 337 g/mol. The first-order chi connectivity index (χ1) is 9.85. The first-order valence-corrected chi connectivity index (χ1v) is 8.28. The molecule has 0 saturated heterocycles. The van der Waals surface area contributed by atoms with Crippen LogP contribution in [-0.4, -0.2) is 60.2 Å². The van der Waals surface area contributed by atoms with E-state index in [1.165, 1.54) is 0 Å². The maximum Gasteiger partial charge on any atom is 0.306 e. The van der Waals surface area contributed by atoms with Crippen LogP contribution in [-0.2, 0) is 19.1 Å². The van der Waals surface area contributed by atoms with Gasteiger partial charge in [-0.1, -0.05) is 20.8 Å². The van der Waals surface area contributed by atoms with E-state index in [1.807, 2.05) is 20.8 Å². The highest BCUT2D eigenvalue weighted by Crippen LogP contribution is 2.02. The van der Waals surface area contributed by atoms with Crippen molar-refractivity contribution in [2.24, 2.45) is 0 Å². The summed E-state index contributed by atoms with van der Waals surface area (Å²) in [6.07, 6.45) is 0.628. The molecule has 0 fully saturated rings. The van der Waals surface area contributed by atoms with Gasteiger partial charge in [0.25, 0.3) is 0 Å². The Morgan fingerprint density at radius 2 is 1.33 bits per heavy atom. The first kappa shape index (κ1) is 20.6. The van der Waals surface area contributed by atoms with Crippen LogP contribution in [0.4, 0.5) is 0 Å². The lowest BCUT2D eigenvalue weighted by Gasteiger charge is -2.20. The van der Waals surface area contributed by atoms with Crippen molar-refractivity contribution < 1.29 is 19.1 Å². The number of hydrogen-bond acceptors (Lipinski definition) is 7. The van der Waals surface area contributed by atoms with Gasteiger partial charge >= 0.3 is 11.9 Å². The summed E-state index contributed by atoms with van der Waals surface area (Å²) in [6.45, 7) is 8.46. The summed E-state index contributed by atoms with van der Waals surface area (Å²) in [5.41, 5.74) is 0. The number of ether oxygens (including phenoxy) is 2. The van der Waals surface area contributed by atoms with Crippen LogP contribution in [0.1, 0.15) is 33.6 Å². The summed E-state index contributed by atoms with van der Waals surface area (Å²) in [6, 6.07) is 0. The smallest absolute Gasteiger partial charge is 0.306 e. The van der Waals surface area contributed by atoms with Crippen molar-refractivity contribution in [3.8, 4) is 0 Å². The highest BCUT2D eigenvalue weighted by Gasteiger charge is 2.10. The summed E-state index contributed by atoms with van der Waals surface area (Å²) in [5, 5.41) is 0.0156. The van der Waals surface area contributed by atoms with Crippen molar-refractivity contribution >= 4 is 37.2 Å². The summed E-state index contributed by atoms with van der Waals surface area (Å²) >= 11 is 8.28. The zero-order chi connectivity index (χ0) is 16.3. The molecule has 0 N–H and O–H groups in total. The van der Waals surface area contributed by atoms with Gasteiger partial charge in [0.1, 0.15) is 13.2 Å². The van der Waals surface area contributed by atoms with Gasteiger partial charge in [-0.05, 0) is 6.54 Å². The second kappa shape index (κ2) is 12.2. The Bertz CT molecular complexity index is 283. The van der Waals surface area contributed by atoms with Crippen LogP contribution in [0.25, 0.3) is 0 Å². The van der Waals surface area contributed by atoms with Gasteiger partial charge in [0.05, 0.1) is 12.8 Å². The van der Waals surface area contributed by atoms with Gasteiger partial charge in [-0.2, -0.15) is 25.3 Å². The number of carbonyl (C=O) groups excluding carboxylic acids is 2. The molecule has 0 bridgehead atoms. The largest absolute Gasteiger partial charge is 0.464 e. The van der Waals surface area contributed by atoms with Crippen molar-refractivity contribution in [1.29, 1.82) is 0 Å². The highest BCUT2D eigenvalue weighted by atomic mass is 32.1. The zero-order valence-corrected chi connectivity index (χ0v) is 14.9. The van der Waals surface area contributed by atoms with E-state index in [1.54, 1.807) is 0 Å². The van der Waals surface area contributed by atoms with Crippen LogP contribution < -0.4 is 0 Å². The van der Waals surface area contributed by atoms with Crippen molar-refractivity contribution in [1.82, 2.24) is 4.90 Å². The first-order valence-electron chi connectivity index (χ1n) is 7.24. The Morgan fingerprint density at radius 3 is 1.62 bits per heavy atom. The second-order valence-corrected chi connectivity index (χ2v) is 6.74. The molecule has 0 aromatic heterocycles. The number of hydrogen-bond donors (Lipinski definition) is 2. The molecule has 21 heavy (non-hydrogen) atoms. The van der Waals surface area contributed by atoms with Gasteiger partial charge in [-0.25, -0.2) is 0 Å². The molecule has 0 aliphatic rings. The molecule has 0 aliphatic carbocycles. The van der Waals surface area contributed by atoms with Gasteiger partial charge in [0.2, 0.25) is 0 Å². The molecule has 0 spiro atoms. The number of rotatable bonds is 11. The fourth-order valence-corrected chi connectivity index (χ4v) is 1.90. The lowest BCUT2D eigenvalue weighted by molar-refractivity contribution is -0.144. The standard InChI is InChI=1S/C14H27NO4S2/c1-4-15(5-7-18-13(16)9-11(2)20)6-8-19-14(17)10-12(3)21/h11-12,20-21H,4-10H2,1-3H3. The average molecular weight is 338 g/mol. The lowest BCUT2D eigenvalue weighted by atomic mass is 10.3. The van der Waals surface area contributed by atoms with E-state index in [0.29, 0.717) is 39.1 Å². The third-order valence-electron chi connectivity index (χ3n) is 2.71. The minimum absolute atomic E-state index is 0.00779. The number of carbonyl (C=O) groups is 2. The summed E-state index contributed by atoms with van der Waals surface area (Å²) in [4.78, 5) is 24.8. The van der Waals surface area contributed by atoms with E-state index < -0.39 is 0 Å². The molecule has 0 aliphatic heterocycles. The van der Waals surface area contributed by atoms with E-state index in [0.717, 1.165) is 6.54 Å². The molecule has 7 heteroatoms. The van der Waals surface area contributed by atoms with Crippen molar-refractivity contribution in [2.45, 2.75) is 44.1 Å². The Balaban J connectivity index is 3.76. The highest BCUT2D eigenvalue weighted by molar-refractivity contribution is 7.81. The molecule has 0 heterocycles. The molecular formula is C14H27NO4S2. The molecule has 0 aromatic rings. The Labute approximate surface area is 138 Å². The van der Waals surface area contributed by atoms with Crippen molar-refractivity contribution in [2.75, 3.05) is 32.8 Å². The SMILES string of the molecule is CCN(CCOC(=O)CC(C)S)CCOC(=O)CC(C)S. The minimum atomic E-state index is -0.234. The van der Waals surface area contributed by atoms with E-state index in [2.05, 4.69) is 30.2 Å². The molecular weight excluding hydrogens is 310 g/mol. The average Bonchev–Trinajstić information content (AvgIpc) is 2.35. The van der Waals surface area contributed by atoms with Crippen LogP contribution in [0, 0.1) is 0 Å². The van der Waals surface area contributed by atoms with Crippen LogP contribution in [0.15, 0.2) is 0 Å². The molecule has 0 rings (SSSR count). The van der Waals surface area contributed by atoms with Gasteiger partial charge in [0.15, 0.2) is 0 Å². The number of likely N-dealkylation sites (N-methyl/N-ethyl adjacent to an activating group) is 1. The van der Waals surface area contributed by atoms with Crippen molar-refractivity contribution in [3.05, 3.63) is 0 Å². The van der Waals surface area contributed by atoms with Gasteiger partial charge in [-0.15, -0.1) is 0 Å². The maximum absolute atomic E-state index is 11.4. The maximum atomic E-state index is 11.4. The predicted molar refractivity (Wildman–Crippen MR) is 90.2 cm³/mol. The topological polar surface area (TPSA) is 55.8 Å². The van der Waals surface area contributed by atoms with Crippen molar-refractivity contribution in [3.63, 3.8) is 0 Å². The molecule has 0 saturated carbocycles. The molecule has 5 nitrogen and oxygen atoms in total. The Morgan fingerprint density at radius 1 is 0.952 bits per heavy atom. The minimum Gasteiger partial charge on any atom is -0.464 e. The van der Waals surface area contributed by atoms with E-state index >= 15 is 0 Å². The lowest BCUT2D eigenvalue weighted by Crippen LogP contribution is -2.32. The van der Waals surface area contributed by atoms with E-state index in [9.17, 15) is 9.59 Å². The van der Waals surface area contributed by atoms with Crippen LogP contribution in [0.5, 0.6) is 0 Å². The molecule has 2 atom stereocenters. The Hall–Kier alpha value is -0.400. The second-order valence-electron chi connectivity index (χ2n) is 4.98. The third-order valence-corrected chi connectivity index (χ3v) is 3.08. The summed E-state index contributed by atoms with van der Waals surface area (Å²) < 4.78 is 10.2. The molecule has 124 valence electrons. The summed E-state index contributed by atoms with van der Waals surface area (Å²) in [7, 11) is 0. The normalized spacial score (nSPS) is 13.8. The predicted octanol–water partition coefficient (Wildman–Crippen LogP) is 1.81. The Kier molecular flexibility index (Phi) is 11.9.